The summed E-state index contributed by atoms with van der Waals surface area (Å²) in [4.78, 5) is 14.7. The van der Waals surface area contributed by atoms with E-state index in [1.807, 2.05) is 6.92 Å². The average molecular weight is 417 g/mol. The molecule has 0 spiro atoms. The Morgan fingerprint density at radius 1 is 1.24 bits per heavy atom. The van der Waals surface area contributed by atoms with Gasteiger partial charge in [-0.25, -0.2) is 8.78 Å². The second kappa shape index (κ2) is 8.23. The zero-order valence-corrected chi connectivity index (χ0v) is 18.1. The van der Waals surface area contributed by atoms with Crippen LogP contribution in [-0.2, 0) is 28.3 Å². The lowest BCUT2D eigenvalue weighted by Crippen LogP contribution is -2.08. The second-order valence-corrected chi connectivity index (χ2v) is 8.95. The molecule has 0 atom stereocenters. The molecular weight excluding hydrogens is 390 g/mol. The van der Waals surface area contributed by atoms with Crippen LogP contribution >= 0.6 is 11.3 Å². The average Bonchev–Trinajstić information content (AvgIpc) is 3.22. The summed E-state index contributed by atoms with van der Waals surface area (Å²) in [6.45, 7) is 8.95. The third-order valence-electron chi connectivity index (χ3n) is 5.39. The first kappa shape index (κ1) is 21.4. The summed E-state index contributed by atoms with van der Waals surface area (Å²) < 4.78 is 32.4. The minimum atomic E-state index is -2.90. The molecular formula is C24H26F2O2S. The first-order chi connectivity index (χ1) is 13.6. The van der Waals surface area contributed by atoms with Crippen LogP contribution in [0.5, 0.6) is 0 Å². The van der Waals surface area contributed by atoms with Crippen LogP contribution in [0.25, 0.3) is 5.57 Å². The molecule has 0 radical (unpaired) electrons. The fourth-order valence-electron chi connectivity index (χ4n) is 3.94. The quantitative estimate of drug-likeness (QED) is 0.392. The summed E-state index contributed by atoms with van der Waals surface area (Å²) in [7, 11) is 1.36. The highest BCUT2D eigenvalue weighted by Gasteiger charge is 2.28. The zero-order chi connectivity index (χ0) is 21.3. The van der Waals surface area contributed by atoms with Crippen molar-refractivity contribution in [2.24, 2.45) is 0 Å². The number of benzene rings is 1. The van der Waals surface area contributed by atoms with E-state index >= 15 is 0 Å². The molecule has 29 heavy (non-hydrogen) atoms. The SMILES string of the molecule is C=C(C)/C(CC(=O)OC)=C(/c1ccc(C(C)(F)F)cc1)c1c(C)sc2c1CCC2. The van der Waals surface area contributed by atoms with Crippen molar-refractivity contribution in [1.29, 1.82) is 0 Å². The van der Waals surface area contributed by atoms with E-state index in [4.69, 9.17) is 4.74 Å². The smallest absolute Gasteiger partial charge is 0.310 e. The molecule has 1 aromatic heterocycles. The standard InChI is InChI=1S/C24H26F2O2S/c1-14(2)19(13-21(27)28-5)23(16-9-11-17(12-10-16)24(4,25)26)22-15(3)29-20-8-6-7-18(20)22/h9-12H,1,6-8,13H2,2-5H3/b23-19-. The van der Waals surface area contributed by atoms with Crippen LogP contribution in [0.2, 0.25) is 0 Å². The Balaban J connectivity index is 2.26. The van der Waals surface area contributed by atoms with Gasteiger partial charge in [-0.05, 0) is 60.9 Å². The maximum absolute atomic E-state index is 13.7. The fourth-order valence-corrected chi connectivity index (χ4v) is 5.21. The molecule has 1 aliphatic carbocycles. The number of fused-ring (bicyclic) bond motifs is 1. The topological polar surface area (TPSA) is 26.3 Å². The molecule has 1 aliphatic rings. The molecule has 0 amide bonds. The number of esters is 1. The lowest BCUT2D eigenvalue weighted by molar-refractivity contribution is -0.139. The number of halogens is 2. The van der Waals surface area contributed by atoms with Crippen molar-refractivity contribution >= 4 is 22.9 Å². The number of rotatable bonds is 6. The molecule has 0 fully saturated rings. The van der Waals surface area contributed by atoms with Gasteiger partial charge in [0.25, 0.3) is 5.92 Å². The van der Waals surface area contributed by atoms with Crippen molar-refractivity contribution in [3.05, 3.63) is 74.0 Å². The van der Waals surface area contributed by atoms with Crippen LogP contribution in [-0.4, -0.2) is 13.1 Å². The number of methoxy groups -OCH3 is 1. The van der Waals surface area contributed by atoms with Gasteiger partial charge in [0.2, 0.25) is 0 Å². The molecule has 0 unspecified atom stereocenters. The minimum Gasteiger partial charge on any atom is -0.469 e. The summed E-state index contributed by atoms with van der Waals surface area (Å²) in [5.74, 6) is -3.24. The lowest BCUT2D eigenvalue weighted by atomic mass is 9.86. The van der Waals surface area contributed by atoms with E-state index in [0.717, 1.165) is 54.0 Å². The molecule has 1 heterocycles. The van der Waals surface area contributed by atoms with Gasteiger partial charge in [-0.3, -0.25) is 4.79 Å². The van der Waals surface area contributed by atoms with Gasteiger partial charge in [0.05, 0.1) is 13.5 Å². The van der Waals surface area contributed by atoms with E-state index in [2.05, 4.69) is 13.5 Å². The first-order valence-corrected chi connectivity index (χ1v) is 10.5. The molecule has 0 saturated carbocycles. The number of carbonyl (C=O) groups is 1. The van der Waals surface area contributed by atoms with E-state index in [9.17, 15) is 13.6 Å². The highest BCUT2D eigenvalue weighted by molar-refractivity contribution is 7.12. The van der Waals surface area contributed by atoms with Gasteiger partial charge < -0.3 is 4.74 Å². The third kappa shape index (κ3) is 4.35. The highest BCUT2D eigenvalue weighted by atomic mass is 32.1. The molecule has 0 saturated heterocycles. The number of hydrogen-bond donors (Lipinski definition) is 0. The number of hydrogen-bond acceptors (Lipinski definition) is 3. The van der Waals surface area contributed by atoms with Crippen LogP contribution in [0.1, 0.15) is 58.7 Å². The Kier molecular flexibility index (Phi) is 6.08. The van der Waals surface area contributed by atoms with E-state index in [0.29, 0.717) is 0 Å². The maximum atomic E-state index is 13.7. The van der Waals surface area contributed by atoms with Crippen molar-refractivity contribution in [2.75, 3.05) is 7.11 Å². The van der Waals surface area contributed by atoms with Crippen molar-refractivity contribution in [3.8, 4) is 0 Å². The van der Waals surface area contributed by atoms with Crippen molar-refractivity contribution < 1.29 is 18.3 Å². The predicted octanol–water partition coefficient (Wildman–Crippen LogP) is 6.60. The van der Waals surface area contributed by atoms with Crippen LogP contribution in [0.15, 0.2) is 42.0 Å². The molecule has 2 nitrogen and oxygen atoms in total. The summed E-state index contributed by atoms with van der Waals surface area (Å²) in [6, 6.07) is 6.37. The molecule has 0 aliphatic heterocycles. The van der Waals surface area contributed by atoms with Gasteiger partial charge in [-0.15, -0.1) is 11.3 Å². The second-order valence-electron chi connectivity index (χ2n) is 7.64. The summed E-state index contributed by atoms with van der Waals surface area (Å²) in [5, 5.41) is 0. The van der Waals surface area contributed by atoms with E-state index < -0.39 is 5.92 Å². The van der Waals surface area contributed by atoms with Crippen LogP contribution in [0.3, 0.4) is 0 Å². The van der Waals surface area contributed by atoms with E-state index in [1.165, 1.54) is 34.6 Å². The van der Waals surface area contributed by atoms with Crippen LogP contribution in [0.4, 0.5) is 8.78 Å². The van der Waals surface area contributed by atoms with E-state index in [-0.39, 0.29) is 18.0 Å². The van der Waals surface area contributed by atoms with Gasteiger partial charge in [0, 0.05) is 22.2 Å². The van der Waals surface area contributed by atoms with Gasteiger partial charge in [-0.1, -0.05) is 36.4 Å². The number of thiophene rings is 1. The van der Waals surface area contributed by atoms with Gasteiger partial charge in [0.1, 0.15) is 0 Å². The van der Waals surface area contributed by atoms with Gasteiger partial charge in [0.15, 0.2) is 0 Å². The Morgan fingerprint density at radius 3 is 2.45 bits per heavy atom. The summed E-state index contributed by atoms with van der Waals surface area (Å²) >= 11 is 1.79. The minimum absolute atomic E-state index is 0.0299. The highest BCUT2D eigenvalue weighted by Crippen LogP contribution is 2.44. The van der Waals surface area contributed by atoms with Crippen molar-refractivity contribution in [1.82, 2.24) is 0 Å². The molecule has 2 aromatic rings. The summed E-state index contributed by atoms with van der Waals surface area (Å²) in [6.07, 6.45) is 3.26. The number of carbonyl (C=O) groups excluding carboxylic acids is 1. The number of ether oxygens (including phenoxy) is 1. The van der Waals surface area contributed by atoms with E-state index in [1.54, 1.807) is 23.5 Å². The Morgan fingerprint density at radius 2 is 1.90 bits per heavy atom. The Hall–Kier alpha value is -2.27. The lowest BCUT2D eigenvalue weighted by Gasteiger charge is -2.19. The Labute approximate surface area is 174 Å². The van der Waals surface area contributed by atoms with Crippen LogP contribution in [0, 0.1) is 6.92 Å². The fraction of sp³-hybridized carbons (Fsp3) is 0.375. The largest absolute Gasteiger partial charge is 0.469 e. The number of alkyl halides is 2. The molecule has 5 heteroatoms. The first-order valence-electron chi connectivity index (χ1n) is 9.69. The predicted molar refractivity (Wildman–Crippen MR) is 115 cm³/mol. The molecule has 154 valence electrons. The third-order valence-corrected chi connectivity index (χ3v) is 6.60. The number of aryl methyl sites for hydroxylation is 2. The zero-order valence-electron chi connectivity index (χ0n) is 17.3. The van der Waals surface area contributed by atoms with Gasteiger partial charge in [-0.2, -0.15) is 0 Å². The molecule has 0 N–H and O–H groups in total. The molecule has 0 bridgehead atoms. The normalized spacial score (nSPS) is 14.4. The van der Waals surface area contributed by atoms with Crippen molar-refractivity contribution in [3.63, 3.8) is 0 Å². The van der Waals surface area contributed by atoms with Gasteiger partial charge >= 0.3 is 5.97 Å². The Bertz CT molecular complexity index is 976. The summed E-state index contributed by atoms with van der Waals surface area (Å²) in [5.41, 5.74) is 5.70. The number of allylic oxidation sites excluding steroid dienone is 1. The molecule has 1 aromatic carbocycles. The maximum Gasteiger partial charge on any atom is 0.310 e. The van der Waals surface area contributed by atoms with Crippen molar-refractivity contribution in [2.45, 2.75) is 52.4 Å². The van der Waals surface area contributed by atoms with Crippen LogP contribution < -0.4 is 0 Å². The molecule has 3 rings (SSSR count). The monoisotopic (exact) mass is 416 g/mol.